The number of carbonyl (C=O) groups is 5. The topological polar surface area (TPSA) is 926 Å². The monoisotopic (exact) mass is 1990 g/mol. The SMILES string of the molecule is CC(=O)N[C@H]1[C@H](O[C@H]2[C@H](O)[C@@H](NC(C)=O)C(O)O[C@@H]2CO)O[C@H](CO)[C@@H](O[C@@H]2O[C@H](CO[C@H]3O[C@H](CO)[C@@H](O)[C@H](O)[C@@H]3O[C@@H]3O[C@H](CO)[C@@H](O[C@@H]4O[C@H](CO)[C@H](O)[C@H](O[C@H]5O[C@H](CO)[C@H](O)[C@H](O)[C@H]5NC(C)=O)[C@H]4O[C@@H]4O[C@@H](C)[C@@H](O)[C@@H](O)[C@@H]4O)[C@H](O)[C@H]3NC(C)=O)[C@@H](O)[C@H](O[C@H]3O[C@H](CO)[C@@H](O)[C@H](O)[C@@H]3O[C@@H]3O[C@H](CO)[C@@H](O[C@@H]4O[C@H](CO)[C@H](O)[C@H](O)[C@H]4O)[C@H](O)[C@H]3NC(C)=O)[C@@H]2O)[C@@H]1O. The molecule has 11 fully saturated rings. The van der Waals surface area contributed by atoms with E-state index >= 15 is 0 Å². The molecule has 0 aliphatic carbocycles. The maximum Gasteiger partial charge on any atom is 0.217 e. The summed E-state index contributed by atoms with van der Waals surface area (Å²) in [4.78, 5) is 64.5. The van der Waals surface area contributed by atoms with Gasteiger partial charge in [-0.2, -0.15) is 0 Å². The first-order valence-corrected chi connectivity index (χ1v) is 43.5. The number of nitrogens with one attached hydrogen (secondary N) is 5. The van der Waals surface area contributed by atoms with Crippen LogP contribution in [0.25, 0.3) is 0 Å². The molecular formula is C76H127N5O55. The molecule has 60 nitrogen and oxygen atoms in total. The maximum absolute atomic E-state index is 13.4. The van der Waals surface area contributed by atoms with Crippen molar-refractivity contribution in [3.63, 3.8) is 0 Å². The van der Waals surface area contributed by atoms with Crippen LogP contribution >= 0.6 is 0 Å². The van der Waals surface area contributed by atoms with E-state index in [0.29, 0.717) is 0 Å². The van der Waals surface area contributed by atoms with Crippen molar-refractivity contribution >= 4 is 29.5 Å². The molecule has 34 N–H and O–H groups in total. The Morgan fingerprint density at radius 2 is 0.456 bits per heavy atom. The van der Waals surface area contributed by atoms with Crippen LogP contribution in [0.5, 0.6) is 0 Å². The fourth-order valence-corrected chi connectivity index (χ4v) is 17.7. The van der Waals surface area contributed by atoms with E-state index in [-0.39, 0.29) is 0 Å². The van der Waals surface area contributed by atoms with Crippen LogP contribution in [0.3, 0.4) is 0 Å². The molecule has 11 aliphatic heterocycles. The van der Waals surface area contributed by atoms with E-state index < -0.39 is 433 Å². The van der Waals surface area contributed by atoms with Crippen LogP contribution in [0.2, 0.25) is 0 Å². The predicted octanol–water partition coefficient (Wildman–Crippen LogP) is -23.2. The number of carbonyl (C=O) groups excluding carboxylic acids is 5. The quantitative estimate of drug-likeness (QED) is 0.0280. The number of ether oxygens (including phenoxy) is 21. The maximum atomic E-state index is 13.4. The van der Waals surface area contributed by atoms with Gasteiger partial charge >= 0.3 is 0 Å². The Kier molecular flexibility index (Phi) is 40.1. The van der Waals surface area contributed by atoms with Crippen LogP contribution in [-0.4, -0.2) is 581 Å². The fourth-order valence-electron chi connectivity index (χ4n) is 17.7. The summed E-state index contributed by atoms with van der Waals surface area (Å²) >= 11 is 0. The Balaban J connectivity index is 0.924. The van der Waals surface area contributed by atoms with Gasteiger partial charge in [0.2, 0.25) is 29.5 Å². The fraction of sp³-hybridized carbons (Fsp3) is 0.934. The Hall–Kier alpha value is -4.65. The van der Waals surface area contributed by atoms with Crippen molar-refractivity contribution in [3.8, 4) is 0 Å². The molecule has 55 atom stereocenters. The highest BCUT2D eigenvalue weighted by molar-refractivity contribution is 5.75. The first-order chi connectivity index (χ1) is 64.3. The van der Waals surface area contributed by atoms with Crippen molar-refractivity contribution < 1.29 is 272 Å². The smallest absolute Gasteiger partial charge is 0.217 e. The van der Waals surface area contributed by atoms with E-state index in [0.717, 1.165) is 34.6 Å². The van der Waals surface area contributed by atoms with E-state index in [1.807, 2.05) is 0 Å². The largest absolute Gasteiger partial charge is 0.394 e. The zero-order valence-electron chi connectivity index (χ0n) is 73.4. The molecule has 1 unspecified atom stereocenters. The molecular weight excluding hydrogens is 1860 g/mol. The number of aliphatic hydroxyl groups excluding tert-OH is 29. The van der Waals surface area contributed by atoms with Gasteiger partial charge in [0.05, 0.1) is 72.2 Å². The molecule has 786 valence electrons. The minimum absolute atomic E-state index is 0.814. The molecule has 60 heteroatoms. The molecule has 136 heavy (non-hydrogen) atoms. The second-order valence-electron chi connectivity index (χ2n) is 34.5. The van der Waals surface area contributed by atoms with Crippen LogP contribution < -0.4 is 26.6 Å². The molecule has 11 saturated heterocycles. The molecule has 5 amide bonds. The van der Waals surface area contributed by atoms with Gasteiger partial charge < -0.3 is 274 Å². The van der Waals surface area contributed by atoms with Crippen molar-refractivity contribution in [2.45, 2.75) is 379 Å². The summed E-state index contributed by atoms with van der Waals surface area (Å²) in [6.45, 7) is -5.73. The molecule has 11 heterocycles. The van der Waals surface area contributed by atoms with Crippen LogP contribution in [0.1, 0.15) is 41.5 Å². The van der Waals surface area contributed by atoms with Gasteiger partial charge in [-0.05, 0) is 6.92 Å². The zero-order valence-corrected chi connectivity index (χ0v) is 73.4. The summed E-state index contributed by atoms with van der Waals surface area (Å²) < 4.78 is 127. The van der Waals surface area contributed by atoms with E-state index in [1.165, 1.54) is 6.92 Å². The van der Waals surface area contributed by atoms with E-state index in [4.69, 9.17) is 99.5 Å². The summed E-state index contributed by atoms with van der Waals surface area (Å²) in [5.41, 5.74) is 0. The Morgan fingerprint density at radius 3 is 0.868 bits per heavy atom. The summed E-state index contributed by atoms with van der Waals surface area (Å²) in [5, 5.41) is 339. The summed E-state index contributed by atoms with van der Waals surface area (Å²) in [6, 6.07) is -9.58. The highest BCUT2D eigenvalue weighted by atomic mass is 16.8. The molecule has 0 aromatic carbocycles. The Morgan fingerprint density at radius 1 is 0.206 bits per heavy atom. The van der Waals surface area contributed by atoms with E-state index in [9.17, 15) is 172 Å². The summed E-state index contributed by atoms with van der Waals surface area (Å²) in [7, 11) is 0. The minimum atomic E-state index is -2.65. The number of aliphatic hydroxyl groups is 29. The van der Waals surface area contributed by atoms with Crippen LogP contribution in [0, 0.1) is 0 Å². The lowest BCUT2D eigenvalue weighted by Gasteiger charge is -2.51. The first kappa shape index (κ1) is 112. The summed E-state index contributed by atoms with van der Waals surface area (Å²) in [6.07, 6.45) is -107. The number of rotatable bonds is 35. The molecule has 0 aromatic rings. The highest BCUT2D eigenvalue weighted by Crippen LogP contribution is 2.43. The van der Waals surface area contributed by atoms with Gasteiger partial charge in [0.15, 0.2) is 69.2 Å². The van der Waals surface area contributed by atoms with Crippen LogP contribution in [0.15, 0.2) is 0 Å². The second kappa shape index (κ2) is 48.8. The molecule has 0 bridgehead atoms. The number of hydrogen-bond acceptors (Lipinski definition) is 55. The van der Waals surface area contributed by atoms with Crippen molar-refractivity contribution in [2.75, 3.05) is 66.1 Å². The third-order valence-corrected chi connectivity index (χ3v) is 25.0. The first-order valence-electron chi connectivity index (χ1n) is 43.5. The van der Waals surface area contributed by atoms with Crippen LogP contribution in [0.4, 0.5) is 0 Å². The Bertz CT molecular complexity index is 3760. The number of amides is 5. The third kappa shape index (κ3) is 24.6. The van der Waals surface area contributed by atoms with Crippen molar-refractivity contribution in [1.29, 1.82) is 0 Å². The minimum Gasteiger partial charge on any atom is -0.394 e. The highest BCUT2D eigenvalue weighted by Gasteiger charge is 2.63. The van der Waals surface area contributed by atoms with Gasteiger partial charge in [0.25, 0.3) is 0 Å². The molecule has 11 aliphatic rings. The van der Waals surface area contributed by atoms with Gasteiger partial charge in [-0.1, -0.05) is 0 Å². The molecule has 0 spiro atoms. The molecule has 0 radical (unpaired) electrons. The van der Waals surface area contributed by atoms with Gasteiger partial charge in [-0.15, -0.1) is 0 Å². The third-order valence-electron chi connectivity index (χ3n) is 25.0. The number of hydrogen-bond donors (Lipinski definition) is 34. The predicted molar refractivity (Wildman–Crippen MR) is 419 cm³/mol. The lowest BCUT2D eigenvalue weighted by molar-refractivity contribution is -0.404. The lowest BCUT2D eigenvalue weighted by atomic mass is 9.93. The normalized spacial score (nSPS) is 49.2. The summed E-state index contributed by atoms with van der Waals surface area (Å²) in [5.74, 6) is -4.70. The van der Waals surface area contributed by atoms with Crippen molar-refractivity contribution in [2.24, 2.45) is 0 Å². The standard InChI is InChI=1S/C76H127N5O55/c1-17-38(96)50(108)54(112)71(117-17)136-65-62(133-67-34(78-19(3)92)45(103)39(97)23(7-82)119-67)43(101)27(11-86)123-76(65)131-60-31(15-90)126-69(37(49(60)107)81-22(6)95)134-63-52(110)41(99)25(9-84)121-74(63)116-16-32-44(102)61(56(114)73(127-32)130-59-30(14-89)124-68(35(47(59)105)79-20(4)93)128-57-28(12-87)118-66(115)33(46(57)104)77-18(2)91)132-75-64(53(111)42(100)26(10-85)122-75)135-70-36(80-21(5)94)48(106)58(29(13-88)125-70)129-72-55(113)51(109)40(98)24(8-83)120-72/h17,23-76,82-90,96-115H,7-16H2,1-6H3,(H,77,91)(H,78,92)(H,79,93)(H,80,94)(H,81,95)/t17-,23+,24+,25+,26+,27+,28+,29+,30+,31+,32+,33+,34+,35+,36+,37+,38+,39-,40-,41+,42+,43-,44+,45+,46+,47+,48+,49+,50+,51-,52-,53-,54-,55+,56-,57+,58+,59+,60+,61-,62-,63-,64-,65+,66?,67+,68-,69-,70-,71-,72-,73-,74-,75+,76-/m0/s1. The second-order valence-corrected chi connectivity index (χ2v) is 34.5. The Labute approximate surface area is 770 Å². The van der Waals surface area contributed by atoms with Gasteiger partial charge in [-0.3, -0.25) is 24.0 Å². The van der Waals surface area contributed by atoms with Gasteiger partial charge in [0.1, 0.15) is 262 Å². The van der Waals surface area contributed by atoms with Gasteiger partial charge in [0, 0.05) is 34.6 Å². The van der Waals surface area contributed by atoms with E-state index in [2.05, 4.69) is 26.6 Å². The molecule has 0 saturated carbocycles. The van der Waals surface area contributed by atoms with Crippen LogP contribution in [-0.2, 0) is 123 Å². The zero-order chi connectivity index (χ0) is 100. The average molecular weight is 1990 g/mol. The van der Waals surface area contributed by atoms with Crippen molar-refractivity contribution in [1.82, 2.24) is 26.6 Å². The molecule has 11 rings (SSSR count). The van der Waals surface area contributed by atoms with E-state index in [1.54, 1.807) is 0 Å². The van der Waals surface area contributed by atoms with Crippen molar-refractivity contribution in [3.05, 3.63) is 0 Å². The average Bonchev–Trinajstić information content (AvgIpc) is 0.761. The lowest BCUT2D eigenvalue weighted by Crippen LogP contribution is -2.71. The van der Waals surface area contributed by atoms with Gasteiger partial charge in [-0.25, -0.2) is 0 Å². The molecule has 0 aromatic heterocycles.